The van der Waals surface area contributed by atoms with Gasteiger partial charge in [-0.25, -0.2) is 14.0 Å². The van der Waals surface area contributed by atoms with Gasteiger partial charge in [0.05, 0.1) is 12.1 Å². The van der Waals surface area contributed by atoms with E-state index in [0.717, 1.165) is 0 Å². The van der Waals surface area contributed by atoms with Gasteiger partial charge < -0.3 is 25.4 Å². The van der Waals surface area contributed by atoms with Crippen LogP contribution < -0.4 is 20.7 Å². The molecule has 1 atom stereocenters. The zero-order valence-corrected chi connectivity index (χ0v) is 20.6. The number of nitrogens with one attached hydrogen (secondary N) is 3. The van der Waals surface area contributed by atoms with Crippen molar-refractivity contribution in [3.05, 3.63) is 70.0 Å². The van der Waals surface area contributed by atoms with E-state index in [0.29, 0.717) is 0 Å². The fraction of sp³-hybridized carbons (Fsp3) is 0.240. The number of benzene rings is 2. The molecule has 198 valence electrons. The Morgan fingerprint density at radius 3 is 2.71 bits per heavy atom. The molecule has 4 rings (SSSR count). The van der Waals surface area contributed by atoms with Gasteiger partial charge in [-0.3, -0.25) is 19.7 Å². The minimum absolute atomic E-state index is 0.0845. The number of hydrogen-bond acceptors (Lipinski definition) is 6. The molecule has 2 aromatic carbocycles. The maximum atomic E-state index is 15.2. The molecule has 4 N–H and O–H groups in total. The smallest absolute Gasteiger partial charge is 0.334 e. The summed E-state index contributed by atoms with van der Waals surface area (Å²) in [7, 11) is 0. The molecule has 1 fully saturated rings. The van der Waals surface area contributed by atoms with Gasteiger partial charge in [0.15, 0.2) is 0 Å². The van der Waals surface area contributed by atoms with Crippen LogP contribution in [-0.4, -0.2) is 52.4 Å². The molecule has 1 saturated heterocycles. The van der Waals surface area contributed by atoms with E-state index in [1.165, 1.54) is 35.2 Å². The number of piperidine rings is 1. The highest BCUT2D eigenvalue weighted by atomic mass is 35.5. The molecule has 1 unspecified atom stereocenters. The number of halogens is 2. The highest BCUT2D eigenvalue weighted by Gasteiger charge is 2.40. The summed E-state index contributed by atoms with van der Waals surface area (Å²) in [6.07, 6.45) is 0.242. The first-order valence-corrected chi connectivity index (χ1v) is 11.8. The fourth-order valence-corrected chi connectivity index (χ4v) is 4.32. The van der Waals surface area contributed by atoms with Crippen LogP contribution in [0.2, 0.25) is 5.02 Å². The van der Waals surface area contributed by atoms with Gasteiger partial charge in [-0.1, -0.05) is 24.2 Å². The van der Waals surface area contributed by atoms with Gasteiger partial charge in [-0.15, -0.1) is 0 Å². The Morgan fingerprint density at radius 1 is 1.24 bits per heavy atom. The topological polar surface area (TPSA) is 154 Å². The Labute approximate surface area is 220 Å². The largest absolute Gasteiger partial charge is 0.489 e. The lowest BCUT2D eigenvalue weighted by Gasteiger charge is -2.29. The molecule has 2 aliphatic rings. The van der Waals surface area contributed by atoms with Crippen molar-refractivity contribution >= 4 is 47.0 Å². The average Bonchev–Trinajstić information content (AvgIpc) is 3.18. The van der Waals surface area contributed by atoms with Crippen molar-refractivity contribution in [1.82, 2.24) is 15.5 Å². The minimum Gasteiger partial charge on any atom is -0.489 e. The van der Waals surface area contributed by atoms with Crippen LogP contribution in [-0.2, 0) is 27.5 Å². The number of anilines is 1. The standard InChI is InChI=1S/C25H22ClFN4O7/c1-12(24(35)36)11-38-16-7-14(26)6-15(8-16)29-25(37)28-9-13-2-3-17-18(21(13)27)10-31(23(17)34)19-4-5-20(32)30-22(19)33/h2-3,6-8,19H,1,4-5,9-11H2,(H,35,36)(H2,28,29,37)(H,30,32,33). The molecule has 2 heterocycles. The Kier molecular flexibility index (Phi) is 7.62. The summed E-state index contributed by atoms with van der Waals surface area (Å²) in [5.41, 5.74) is 0.428. The lowest BCUT2D eigenvalue weighted by Crippen LogP contribution is -2.52. The fourth-order valence-electron chi connectivity index (χ4n) is 4.09. The first-order valence-electron chi connectivity index (χ1n) is 11.4. The lowest BCUT2D eigenvalue weighted by molar-refractivity contribution is -0.137. The molecule has 0 radical (unpaired) electrons. The third kappa shape index (κ3) is 5.75. The first kappa shape index (κ1) is 26.6. The number of rotatable bonds is 8. The van der Waals surface area contributed by atoms with Gasteiger partial charge in [0.2, 0.25) is 11.8 Å². The van der Waals surface area contributed by atoms with E-state index >= 15 is 4.39 Å². The highest BCUT2D eigenvalue weighted by Crippen LogP contribution is 2.31. The number of aliphatic carboxylic acids is 1. The van der Waals surface area contributed by atoms with Gasteiger partial charge in [0.25, 0.3) is 5.91 Å². The number of fused-ring (bicyclic) bond motifs is 1. The van der Waals surface area contributed by atoms with Crippen LogP contribution in [0.1, 0.15) is 34.3 Å². The summed E-state index contributed by atoms with van der Waals surface area (Å²) in [5, 5.41) is 16.3. The summed E-state index contributed by atoms with van der Waals surface area (Å²) in [6, 6.07) is 5.55. The normalized spacial score (nSPS) is 16.5. The Hall–Kier alpha value is -4.45. The van der Waals surface area contributed by atoms with Crippen LogP contribution in [0.15, 0.2) is 42.5 Å². The number of carbonyl (C=O) groups is 5. The number of ether oxygens (including phenoxy) is 1. The van der Waals surface area contributed by atoms with E-state index in [9.17, 15) is 24.0 Å². The number of imide groups is 1. The molecule has 0 aromatic heterocycles. The molecule has 11 nitrogen and oxygen atoms in total. The second-order valence-electron chi connectivity index (χ2n) is 8.65. The predicted octanol–water partition coefficient (Wildman–Crippen LogP) is 2.58. The van der Waals surface area contributed by atoms with Crippen molar-refractivity contribution in [2.45, 2.75) is 32.0 Å². The van der Waals surface area contributed by atoms with E-state index in [1.54, 1.807) is 0 Å². The van der Waals surface area contributed by atoms with Gasteiger partial charge in [-0.05, 0) is 24.6 Å². The molecule has 5 amide bonds. The monoisotopic (exact) mass is 544 g/mol. The van der Waals surface area contributed by atoms with Crippen LogP contribution in [0.3, 0.4) is 0 Å². The second-order valence-corrected chi connectivity index (χ2v) is 9.08. The maximum Gasteiger partial charge on any atom is 0.334 e. The molecule has 0 bridgehead atoms. The molecule has 0 saturated carbocycles. The van der Waals surface area contributed by atoms with Crippen LogP contribution in [0.25, 0.3) is 0 Å². The van der Waals surface area contributed by atoms with Crippen molar-refractivity contribution in [1.29, 1.82) is 0 Å². The molecule has 13 heteroatoms. The third-order valence-electron chi connectivity index (χ3n) is 6.01. The zero-order valence-electron chi connectivity index (χ0n) is 19.8. The van der Waals surface area contributed by atoms with Crippen molar-refractivity contribution in [3.63, 3.8) is 0 Å². The van der Waals surface area contributed by atoms with Crippen molar-refractivity contribution in [2.24, 2.45) is 0 Å². The number of nitrogens with zero attached hydrogens (tertiary/aromatic N) is 1. The first-order chi connectivity index (χ1) is 18.0. The summed E-state index contributed by atoms with van der Waals surface area (Å²) in [4.78, 5) is 60.9. The Morgan fingerprint density at radius 2 is 2.00 bits per heavy atom. The summed E-state index contributed by atoms with van der Waals surface area (Å²) >= 11 is 6.04. The third-order valence-corrected chi connectivity index (χ3v) is 6.23. The molecular weight excluding hydrogens is 523 g/mol. The van der Waals surface area contributed by atoms with Crippen molar-refractivity contribution in [3.8, 4) is 5.75 Å². The van der Waals surface area contributed by atoms with Crippen molar-refractivity contribution < 1.29 is 38.2 Å². The molecule has 2 aromatic rings. The van der Waals surface area contributed by atoms with E-state index in [2.05, 4.69) is 22.5 Å². The maximum absolute atomic E-state index is 15.2. The molecule has 38 heavy (non-hydrogen) atoms. The van der Waals surface area contributed by atoms with E-state index in [1.807, 2.05) is 0 Å². The molecular formula is C25H22ClFN4O7. The minimum atomic E-state index is -1.21. The Bertz CT molecular complexity index is 1380. The van der Waals surface area contributed by atoms with E-state index < -0.39 is 41.6 Å². The van der Waals surface area contributed by atoms with Crippen LogP contribution in [0, 0.1) is 5.82 Å². The van der Waals surface area contributed by atoms with E-state index in [-0.39, 0.29) is 71.3 Å². The number of hydrogen-bond donors (Lipinski definition) is 4. The second kappa shape index (κ2) is 10.9. The summed E-state index contributed by atoms with van der Waals surface area (Å²) in [6.45, 7) is 2.73. The highest BCUT2D eigenvalue weighted by molar-refractivity contribution is 6.31. The van der Waals surface area contributed by atoms with Gasteiger partial charge in [0, 0.05) is 46.4 Å². The molecule has 0 spiro atoms. The number of carboxylic acids is 1. The average molecular weight is 545 g/mol. The predicted molar refractivity (Wildman–Crippen MR) is 132 cm³/mol. The van der Waals surface area contributed by atoms with E-state index in [4.69, 9.17) is 21.4 Å². The van der Waals surface area contributed by atoms with Crippen LogP contribution in [0.5, 0.6) is 5.75 Å². The summed E-state index contributed by atoms with van der Waals surface area (Å²) < 4.78 is 20.6. The van der Waals surface area contributed by atoms with Crippen LogP contribution in [0.4, 0.5) is 14.9 Å². The Balaban J connectivity index is 1.38. The quantitative estimate of drug-likeness (QED) is 0.294. The number of urea groups is 1. The van der Waals surface area contributed by atoms with Gasteiger partial charge in [0.1, 0.15) is 24.2 Å². The number of carboxylic acid groups (broad SMARTS) is 1. The molecule has 0 aliphatic carbocycles. The zero-order chi connectivity index (χ0) is 27.6. The number of amides is 5. The lowest BCUT2D eigenvalue weighted by atomic mass is 10.0. The summed E-state index contributed by atoms with van der Waals surface area (Å²) in [5.74, 6) is -3.21. The molecule has 2 aliphatic heterocycles. The van der Waals surface area contributed by atoms with Crippen molar-refractivity contribution in [2.75, 3.05) is 11.9 Å². The van der Waals surface area contributed by atoms with Gasteiger partial charge in [-0.2, -0.15) is 0 Å². The SMILES string of the molecule is C=C(COc1cc(Cl)cc(NC(=O)NCc2ccc3c(c2F)CN(C2CCC(=O)NC2=O)C3=O)c1)C(=O)O. The van der Waals surface area contributed by atoms with Gasteiger partial charge >= 0.3 is 12.0 Å². The van der Waals surface area contributed by atoms with Crippen LogP contribution >= 0.6 is 11.6 Å². The number of carbonyl (C=O) groups excluding carboxylic acids is 4.